The molecule has 0 aromatic heterocycles. The van der Waals surface area contributed by atoms with Gasteiger partial charge in [-0.1, -0.05) is 97.1 Å². The minimum absolute atomic E-state index is 0.470. The molecule has 0 bridgehead atoms. The second-order valence-electron chi connectivity index (χ2n) is 8.99. The van der Waals surface area contributed by atoms with E-state index in [-0.39, 0.29) is 0 Å². The molecule has 2 aliphatic heterocycles. The second kappa shape index (κ2) is 11.6. The molecule has 2 heterocycles. The number of benzene rings is 4. The van der Waals surface area contributed by atoms with Gasteiger partial charge in [0.2, 0.25) is 0 Å². The molecule has 0 saturated heterocycles. The van der Waals surface area contributed by atoms with Gasteiger partial charge in [-0.05, 0) is 57.7 Å². The zero-order valence-electron chi connectivity index (χ0n) is 21.4. The average Bonchev–Trinajstić information content (AvgIpc) is 2.97. The summed E-state index contributed by atoms with van der Waals surface area (Å²) in [5.74, 6) is 0. The second-order valence-corrected chi connectivity index (χ2v) is 14.3. The molecule has 4 aromatic rings. The van der Waals surface area contributed by atoms with Crippen LogP contribution in [0.5, 0.6) is 0 Å². The van der Waals surface area contributed by atoms with E-state index < -0.39 is 42.0 Å². The van der Waals surface area contributed by atoms with Crippen molar-refractivity contribution in [3.63, 3.8) is 0 Å². The van der Waals surface area contributed by atoms with Gasteiger partial charge >= 0.3 is 0 Å². The van der Waals surface area contributed by atoms with E-state index >= 15 is 0 Å². The smallest absolute Gasteiger partial charge is 0.148 e. The lowest BCUT2D eigenvalue weighted by Crippen LogP contribution is -2.60. The fourth-order valence-corrected chi connectivity index (χ4v) is 9.89. The SMILES string of the molecule is [O-][Cl+3]([O-])([O-])OS1=C(c2ccccc2)C=C(C2=CC(c3ccccc3)=S(O[Cl+3]([O-])([O-])[O-])c3ccccc32)c2ccccc21. The van der Waals surface area contributed by atoms with Crippen molar-refractivity contribution in [1.29, 1.82) is 0 Å². The molecule has 4 aromatic carbocycles. The summed E-state index contributed by atoms with van der Waals surface area (Å²) in [5, 5.41) is 0. The van der Waals surface area contributed by atoms with Crippen molar-refractivity contribution < 1.29 is 55.9 Å². The predicted molar refractivity (Wildman–Crippen MR) is 144 cm³/mol. The molecule has 2 unspecified atom stereocenters. The summed E-state index contributed by atoms with van der Waals surface area (Å²) in [6.45, 7) is 0. The van der Waals surface area contributed by atoms with Gasteiger partial charge in [0.15, 0.2) is 0 Å². The van der Waals surface area contributed by atoms with Gasteiger partial charge in [0, 0.05) is 0 Å². The van der Waals surface area contributed by atoms with Gasteiger partial charge in [0.25, 0.3) is 0 Å². The van der Waals surface area contributed by atoms with Crippen LogP contribution in [-0.2, 0) is 7.47 Å². The lowest BCUT2D eigenvalue weighted by Gasteiger charge is -2.27. The van der Waals surface area contributed by atoms with Gasteiger partial charge in [0.05, 0.1) is 40.0 Å². The maximum absolute atomic E-state index is 11.8. The Morgan fingerprint density at radius 2 is 0.762 bits per heavy atom. The van der Waals surface area contributed by atoms with Gasteiger partial charge in [0.1, 0.15) is 29.0 Å². The first-order chi connectivity index (χ1) is 20.1. The monoisotopic (exact) mass is 642 g/mol. The zero-order chi connectivity index (χ0) is 29.5. The summed E-state index contributed by atoms with van der Waals surface area (Å²) < 4.78 is 81.3. The third kappa shape index (κ3) is 6.08. The molecule has 0 saturated carbocycles. The maximum Gasteiger partial charge on any atom is 0.148 e. The van der Waals surface area contributed by atoms with Crippen LogP contribution < -0.4 is 28.0 Å². The van der Waals surface area contributed by atoms with Gasteiger partial charge in [-0.3, -0.25) is 0 Å². The Morgan fingerprint density at radius 3 is 1.12 bits per heavy atom. The third-order valence-corrected chi connectivity index (χ3v) is 11.7. The maximum atomic E-state index is 11.8. The molecule has 0 amide bonds. The Labute approximate surface area is 250 Å². The number of halogens is 2. The summed E-state index contributed by atoms with van der Waals surface area (Å²) in [5.41, 5.74) is 3.94. The Kier molecular flexibility index (Phi) is 8.07. The topological polar surface area (TPSA) is 157 Å². The van der Waals surface area contributed by atoms with Crippen LogP contribution >= 0.6 is 21.5 Å². The van der Waals surface area contributed by atoms with Crippen molar-refractivity contribution in [2.45, 2.75) is 9.79 Å². The molecule has 12 heteroatoms. The summed E-state index contributed by atoms with van der Waals surface area (Å²) >= 11 is 0. The van der Waals surface area contributed by atoms with E-state index in [4.69, 9.17) is 7.47 Å². The van der Waals surface area contributed by atoms with E-state index in [0.717, 1.165) is 0 Å². The number of allylic oxidation sites excluding steroid dienone is 4. The highest BCUT2D eigenvalue weighted by molar-refractivity contribution is 8.12. The molecular formula is C30H20Cl2O8S2. The first kappa shape index (κ1) is 29.1. The van der Waals surface area contributed by atoms with Crippen molar-refractivity contribution >= 4 is 42.4 Å². The van der Waals surface area contributed by atoms with E-state index in [0.29, 0.717) is 52.9 Å². The van der Waals surface area contributed by atoms with Crippen molar-refractivity contribution in [3.8, 4) is 0 Å². The highest BCUT2D eigenvalue weighted by atomic mass is 35.7. The van der Waals surface area contributed by atoms with Crippen LogP contribution in [-0.4, -0.2) is 9.73 Å². The van der Waals surface area contributed by atoms with Crippen LogP contribution in [0.15, 0.2) is 131 Å². The van der Waals surface area contributed by atoms with Crippen LogP contribution in [0.25, 0.3) is 11.1 Å². The number of hydrogen-bond donors (Lipinski definition) is 0. The first-order valence-electron chi connectivity index (χ1n) is 12.3. The fourth-order valence-electron chi connectivity index (χ4n) is 4.78. The predicted octanol–water partition coefficient (Wildman–Crippen LogP) is 0.536. The number of rotatable bonds is 7. The molecule has 0 radical (unpaired) electrons. The van der Waals surface area contributed by atoms with Crippen molar-refractivity contribution in [2.75, 3.05) is 0 Å². The minimum atomic E-state index is -4.76. The molecular weight excluding hydrogens is 623 g/mol. The van der Waals surface area contributed by atoms with E-state index in [9.17, 15) is 28.0 Å². The molecule has 8 nitrogen and oxygen atoms in total. The number of hydrogen-bond acceptors (Lipinski definition) is 8. The van der Waals surface area contributed by atoms with Crippen LogP contribution in [0.1, 0.15) is 22.3 Å². The summed E-state index contributed by atoms with van der Waals surface area (Å²) in [6, 6.07) is 32.1. The van der Waals surface area contributed by atoms with Gasteiger partial charge < -0.3 is 0 Å². The van der Waals surface area contributed by atoms with Gasteiger partial charge in [-0.15, -0.1) is 0 Å². The van der Waals surface area contributed by atoms with E-state index in [2.05, 4.69) is 0 Å². The van der Waals surface area contributed by atoms with Gasteiger partial charge in [-0.2, -0.15) is 28.0 Å². The molecule has 0 aliphatic carbocycles. The molecule has 0 fully saturated rings. The Hall–Kier alpha value is -2.94. The first-order valence-corrected chi connectivity index (χ1v) is 17.0. The highest BCUT2D eigenvalue weighted by Crippen LogP contribution is 2.51. The summed E-state index contributed by atoms with van der Waals surface area (Å²) in [4.78, 5) is 1.92. The summed E-state index contributed by atoms with van der Waals surface area (Å²) in [6.07, 6.45) is 3.58. The fraction of sp³-hybridized carbons (Fsp3) is 0. The average molecular weight is 644 g/mol. The largest absolute Gasteiger partial charge is 0.182 e. The molecule has 0 spiro atoms. The molecule has 42 heavy (non-hydrogen) atoms. The molecule has 0 N–H and O–H groups in total. The van der Waals surface area contributed by atoms with E-state index in [1.807, 2.05) is 12.1 Å². The Bertz CT molecular complexity index is 1660. The van der Waals surface area contributed by atoms with E-state index in [1.165, 1.54) is 0 Å². The van der Waals surface area contributed by atoms with Crippen LogP contribution in [0.4, 0.5) is 0 Å². The molecule has 214 valence electrons. The minimum Gasteiger partial charge on any atom is -0.182 e. The van der Waals surface area contributed by atoms with Crippen molar-refractivity contribution in [2.24, 2.45) is 0 Å². The standard InChI is InChI=1S/C30H20Cl2O8S2/c33-31(34,35)39-41-27-17-9-7-15-23(27)25(19-29(41)21-11-3-1-4-12-21)26-20-30(22-13-5-2-6-14-22)42(40-32(36,37)38)28-18-10-8-16-24(26)28/h1-20H. The lowest BCUT2D eigenvalue weighted by molar-refractivity contribution is -1.91. The van der Waals surface area contributed by atoms with Crippen molar-refractivity contribution in [1.82, 2.24) is 0 Å². The normalized spacial score (nSPS) is 18.6. The highest BCUT2D eigenvalue weighted by Gasteiger charge is 2.36. The lowest BCUT2D eigenvalue weighted by atomic mass is 9.89. The Balaban J connectivity index is 1.67. The van der Waals surface area contributed by atoms with Crippen LogP contribution in [0, 0.1) is 20.5 Å². The van der Waals surface area contributed by atoms with Crippen LogP contribution in [0.3, 0.4) is 0 Å². The quantitative estimate of drug-likeness (QED) is 0.264. The molecule has 2 aliphatic rings. The zero-order valence-corrected chi connectivity index (χ0v) is 24.5. The molecule has 6 rings (SSSR count). The number of fused-ring (bicyclic) bond motifs is 2. The summed E-state index contributed by atoms with van der Waals surface area (Å²) in [7, 11) is -12.7. The van der Waals surface area contributed by atoms with Crippen LogP contribution in [0.2, 0.25) is 0 Å². The third-order valence-electron chi connectivity index (χ3n) is 6.39. The molecule has 2 atom stereocenters. The van der Waals surface area contributed by atoms with Gasteiger partial charge in [-0.25, -0.2) is 0 Å². The Morgan fingerprint density at radius 1 is 0.429 bits per heavy atom. The van der Waals surface area contributed by atoms with E-state index in [1.54, 1.807) is 109 Å². The van der Waals surface area contributed by atoms with Crippen molar-refractivity contribution in [3.05, 3.63) is 144 Å².